The minimum absolute atomic E-state index is 0.00430. The van der Waals surface area contributed by atoms with Crippen molar-refractivity contribution in [2.45, 2.75) is 57.5 Å². The third kappa shape index (κ3) is 3.32. The fraction of sp³-hybridized carbons (Fsp3) is 0.867. The monoisotopic (exact) mass is 282 g/mol. The molecule has 1 saturated carbocycles. The highest BCUT2D eigenvalue weighted by molar-refractivity contribution is 5.95. The third-order valence-electron chi connectivity index (χ3n) is 4.57. The van der Waals surface area contributed by atoms with Crippen LogP contribution in [-0.4, -0.2) is 49.1 Å². The minimum Gasteiger partial charge on any atom is -0.383 e. The molecule has 1 aliphatic carbocycles. The molecule has 2 rings (SSSR count). The van der Waals surface area contributed by atoms with Gasteiger partial charge in [0.05, 0.1) is 19.2 Å². The summed E-state index contributed by atoms with van der Waals surface area (Å²) < 4.78 is 5.19. The van der Waals surface area contributed by atoms with Crippen LogP contribution in [0.4, 0.5) is 0 Å². The highest BCUT2D eigenvalue weighted by atomic mass is 16.5. The van der Waals surface area contributed by atoms with Crippen molar-refractivity contribution in [3.05, 3.63) is 0 Å². The van der Waals surface area contributed by atoms with E-state index in [1.54, 1.807) is 12.0 Å². The number of rotatable bonds is 5. The fourth-order valence-electron chi connectivity index (χ4n) is 3.41. The van der Waals surface area contributed by atoms with Crippen LogP contribution in [0.15, 0.2) is 0 Å². The van der Waals surface area contributed by atoms with E-state index in [9.17, 15) is 9.59 Å². The van der Waals surface area contributed by atoms with Crippen LogP contribution >= 0.6 is 0 Å². The first-order chi connectivity index (χ1) is 9.67. The van der Waals surface area contributed by atoms with E-state index >= 15 is 0 Å². The molecule has 0 spiro atoms. The summed E-state index contributed by atoms with van der Waals surface area (Å²) in [6.07, 6.45) is 6.48. The number of hydrogen-bond acceptors (Lipinski definition) is 3. The Labute approximate surface area is 121 Å². The Morgan fingerprint density at radius 3 is 2.60 bits per heavy atom. The Hall–Kier alpha value is -1.10. The van der Waals surface area contributed by atoms with Gasteiger partial charge < -0.3 is 15.0 Å². The number of nitrogens with one attached hydrogen (secondary N) is 1. The molecule has 5 heteroatoms. The number of piperazine rings is 1. The summed E-state index contributed by atoms with van der Waals surface area (Å²) in [6, 6.07) is -0.313. The quantitative estimate of drug-likeness (QED) is 0.827. The van der Waals surface area contributed by atoms with Gasteiger partial charge in [-0.25, -0.2) is 0 Å². The Morgan fingerprint density at radius 2 is 2.00 bits per heavy atom. The molecule has 20 heavy (non-hydrogen) atoms. The smallest absolute Gasteiger partial charge is 0.246 e. The second kappa shape index (κ2) is 7.07. The maximum Gasteiger partial charge on any atom is 0.246 e. The highest BCUT2D eigenvalue weighted by Gasteiger charge is 2.40. The number of hydrogen-bond donors (Lipinski definition) is 1. The summed E-state index contributed by atoms with van der Waals surface area (Å²) in [4.78, 5) is 26.4. The summed E-state index contributed by atoms with van der Waals surface area (Å²) in [5, 5.41) is 2.92. The third-order valence-corrected chi connectivity index (χ3v) is 4.57. The Balaban J connectivity index is 2.09. The molecule has 2 fully saturated rings. The molecule has 0 radical (unpaired) electrons. The van der Waals surface area contributed by atoms with Gasteiger partial charge >= 0.3 is 0 Å². The average Bonchev–Trinajstić information content (AvgIpc) is 2.48. The van der Waals surface area contributed by atoms with Crippen LogP contribution in [-0.2, 0) is 14.3 Å². The lowest BCUT2D eigenvalue weighted by Crippen LogP contribution is -2.63. The van der Waals surface area contributed by atoms with Crippen LogP contribution in [0.25, 0.3) is 0 Å². The maximum atomic E-state index is 12.7. The molecule has 0 aromatic rings. The van der Waals surface area contributed by atoms with E-state index in [1.807, 2.05) is 6.92 Å². The maximum absolute atomic E-state index is 12.7. The molecule has 1 N–H and O–H groups in total. The predicted octanol–water partition coefficient (Wildman–Crippen LogP) is 1.32. The normalized spacial score (nSPS) is 26.5. The molecule has 114 valence electrons. The summed E-state index contributed by atoms with van der Waals surface area (Å²) in [5.74, 6) is 0.359. The zero-order chi connectivity index (χ0) is 14.5. The summed E-state index contributed by atoms with van der Waals surface area (Å²) in [6.45, 7) is 2.69. The van der Waals surface area contributed by atoms with Crippen molar-refractivity contribution >= 4 is 11.8 Å². The molecule has 5 nitrogen and oxygen atoms in total. The lowest BCUT2D eigenvalue weighted by molar-refractivity contribution is -0.149. The molecule has 2 amide bonds. The average molecular weight is 282 g/mol. The molecular weight excluding hydrogens is 256 g/mol. The van der Waals surface area contributed by atoms with Crippen molar-refractivity contribution in [1.82, 2.24) is 10.2 Å². The van der Waals surface area contributed by atoms with E-state index in [2.05, 4.69) is 5.32 Å². The van der Waals surface area contributed by atoms with Gasteiger partial charge in [0, 0.05) is 7.11 Å². The molecule has 1 aliphatic heterocycles. The van der Waals surface area contributed by atoms with Crippen molar-refractivity contribution in [3.63, 3.8) is 0 Å². The molecule has 1 heterocycles. The van der Waals surface area contributed by atoms with Gasteiger partial charge in [0.1, 0.15) is 6.04 Å². The fourth-order valence-corrected chi connectivity index (χ4v) is 3.41. The number of carbonyl (C=O) groups is 2. The second-order valence-electron chi connectivity index (χ2n) is 5.93. The van der Waals surface area contributed by atoms with Crippen LogP contribution in [0.3, 0.4) is 0 Å². The van der Waals surface area contributed by atoms with Gasteiger partial charge in [-0.2, -0.15) is 0 Å². The summed E-state index contributed by atoms with van der Waals surface area (Å²) >= 11 is 0. The number of nitrogens with zero attached hydrogens (tertiary/aromatic N) is 1. The van der Waals surface area contributed by atoms with E-state index in [4.69, 9.17) is 4.74 Å². The standard InChI is InChI=1S/C15H26N2O3/c1-3-12(10-20-2)17-9-13(18)16-14(15(17)19)11-7-5-4-6-8-11/h11-12,14H,3-10H2,1-2H3,(H,16,18). The predicted molar refractivity (Wildman–Crippen MR) is 76.2 cm³/mol. The molecule has 2 aliphatic rings. The van der Waals surface area contributed by atoms with Crippen LogP contribution in [0.5, 0.6) is 0 Å². The van der Waals surface area contributed by atoms with Crippen molar-refractivity contribution in [2.24, 2.45) is 5.92 Å². The largest absolute Gasteiger partial charge is 0.383 e. The number of carbonyl (C=O) groups excluding carboxylic acids is 2. The van der Waals surface area contributed by atoms with E-state index in [0.29, 0.717) is 12.5 Å². The van der Waals surface area contributed by atoms with Gasteiger partial charge in [-0.1, -0.05) is 26.2 Å². The number of ether oxygens (including phenoxy) is 1. The van der Waals surface area contributed by atoms with Crippen molar-refractivity contribution < 1.29 is 14.3 Å². The van der Waals surface area contributed by atoms with Crippen molar-refractivity contribution in [3.8, 4) is 0 Å². The zero-order valence-electron chi connectivity index (χ0n) is 12.6. The van der Waals surface area contributed by atoms with Gasteiger partial charge in [-0.3, -0.25) is 9.59 Å². The van der Waals surface area contributed by atoms with Crippen molar-refractivity contribution in [1.29, 1.82) is 0 Å². The van der Waals surface area contributed by atoms with Gasteiger partial charge in [0.2, 0.25) is 11.8 Å². The molecule has 0 aromatic heterocycles. The van der Waals surface area contributed by atoms with Gasteiger partial charge in [0.25, 0.3) is 0 Å². The SMILES string of the molecule is CCC(COC)N1CC(=O)NC(C2CCCCC2)C1=O. The topological polar surface area (TPSA) is 58.6 Å². The van der Waals surface area contributed by atoms with E-state index in [-0.39, 0.29) is 30.4 Å². The van der Waals surface area contributed by atoms with E-state index in [1.165, 1.54) is 19.3 Å². The van der Waals surface area contributed by atoms with Gasteiger partial charge in [-0.05, 0) is 25.2 Å². The minimum atomic E-state index is -0.317. The van der Waals surface area contributed by atoms with Crippen LogP contribution < -0.4 is 5.32 Å². The molecule has 1 saturated heterocycles. The van der Waals surface area contributed by atoms with Crippen LogP contribution in [0.2, 0.25) is 0 Å². The Kier molecular flexibility index (Phi) is 5.40. The number of amides is 2. The van der Waals surface area contributed by atoms with E-state index in [0.717, 1.165) is 19.3 Å². The Bertz CT molecular complexity index is 334. The molecule has 2 atom stereocenters. The molecule has 0 aromatic carbocycles. The first kappa shape index (κ1) is 15.3. The van der Waals surface area contributed by atoms with Crippen LogP contribution in [0.1, 0.15) is 45.4 Å². The molecular formula is C15H26N2O3. The second-order valence-corrected chi connectivity index (χ2v) is 5.93. The zero-order valence-corrected chi connectivity index (χ0v) is 12.6. The van der Waals surface area contributed by atoms with Gasteiger partial charge in [-0.15, -0.1) is 0 Å². The molecule has 0 bridgehead atoms. The van der Waals surface area contributed by atoms with Gasteiger partial charge in [0.15, 0.2) is 0 Å². The Morgan fingerprint density at radius 1 is 1.30 bits per heavy atom. The number of methoxy groups -OCH3 is 1. The van der Waals surface area contributed by atoms with E-state index < -0.39 is 0 Å². The lowest BCUT2D eigenvalue weighted by atomic mass is 9.82. The lowest BCUT2D eigenvalue weighted by Gasteiger charge is -2.41. The van der Waals surface area contributed by atoms with Crippen LogP contribution in [0, 0.1) is 5.92 Å². The van der Waals surface area contributed by atoms with Crippen molar-refractivity contribution in [2.75, 3.05) is 20.3 Å². The first-order valence-electron chi connectivity index (χ1n) is 7.76. The summed E-state index contributed by atoms with van der Waals surface area (Å²) in [5.41, 5.74) is 0. The summed E-state index contributed by atoms with van der Waals surface area (Å²) in [7, 11) is 1.63. The first-order valence-corrected chi connectivity index (χ1v) is 7.76. The molecule has 2 unspecified atom stereocenters. The highest BCUT2D eigenvalue weighted by Crippen LogP contribution is 2.29.